The van der Waals surface area contributed by atoms with Gasteiger partial charge < -0.3 is 14.0 Å². The van der Waals surface area contributed by atoms with Crippen LogP contribution in [0.3, 0.4) is 0 Å². The third kappa shape index (κ3) is 2.90. The zero-order valence-electron chi connectivity index (χ0n) is 15.1. The fourth-order valence-electron chi connectivity index (χ4n) is 3.33. The van der Waals surface area contributed by atoms with Crippen molar-refractivity contribution in [3.63, 3.8) is 0 Å². The van der Waals surface area contributed by atoms with E-state index >= 15 is 0 Å². The van der Waals surface area contributed by atoms with Crippen LogP contribution in [0.1, 0.15) is 10.5 Å². The molecule has 0 atom stereocenters. The molecule has 1 amide bonds. The Labute approximate surface area is 165 Å². The molecule has 5 rings (SSSR count). The van der Waals surface area contributed by atoms with E-state index in [-0.39, 0.29) is 5.91 Å². The summed E-state index contributed by atoms with van der Waals surface area (Å²) < 4.78 is 13.1. The van der Waals surface area contributed by atoms with Crippen LogP contribution < -0.4 is 14.8 Å². The summed E-state index contributed by atoms with van der Waals surface area (Å²) in [5.74, 6) is 1.29. The molecule has 3 heterocycles. The van der Waals surface area contributed by atoms with E-state index in [1.165, 1.54) is 11.3 Å². The Bertz CT molecular complexity index is 1190. The number of aryl methyl sites for hydroxylation is 1. The van der Waals surface area contributed by atoms with Gasteiger partial charge in [0, 0.05) is 28.9 Å². The number of hydrogen-bond donors (Lipinski definition) is 1. The lowest BCUT2D eigenvalue weighted by Crippen LogP contribution is -2.15. The number of fused-ring (bicyclic) bond motifs is 2. The first kappa shape index (κ1) is 16.8. The summed E-state index contributed by atoms with van der Waals surface area (Å²) in [5.41, 5.74) is 3.32. The maximum atomic E-state index is 12.7. The van der Waals surface area contributed by atoms with Crippen LogP contribution in [-0.4, -0.2) is 28.7 Å². The summed E-state index contributed by atoms with van der Waals surface area (Å²) in [6.07, 6.45) is 0. The van der Waals surface area contributed by atoms with Crippen molar-refractivity contribution < 1.29 is 14.3 Å². The van der Waals surface area contributed by atoms with Gasteiger partial charge in [0.25, 0.3) is 5.91 Å². The first-order valence-electron chi connectivity index (χ1n) is 8.90. The maximum absolute atomic E-state index is 12.7. The molecule has 1 N–H and O–H groups in total. The second-order valence-electron chi connectivity index (χ2n) is 6.50. The molecular weight excluding hydrogens is 374 g/mol. The maximum Gasteiger partial charge on any atom is 0.274 e. The van der Waals surface area contributed by atoms with Crippen molar-refractivity contribution in [3.05, 3.63) is 59.6 Å². The Morgan fingerprint density at radius 2 is 1.93 bits per heavy atom. The minimum absolute atomic E-state index is 0.179. The summed E-state index contributed by atoms with van der Waals surface area (Å²) in [6.45, 7) is 1.10. The van der Waals surface area contributed by atoms with Crippen LogP contribution in [0.15, 0.2) is 53.9 Å². The van der Waals surface area contributed by atoms with Crippen molar-refractivity contribution in [2.24, 2.45) is 7.05 Å². The molecule has 2 aromatic carbocycles. The molecule has 4 aromatic rings. The number of nitrogens with zero attached hydrogens (tertiary/aromatic N) is 2. The van der Waals surface area contributed by atoms with Crippen LogP contribution in [0.25, 0.3) is 22.2 Å². The van der Waals surface area contributed by atoms with Gasteiger partial charge in [-0.2, -0.15) is 0 Å². The molecule has 0 fully saturated rings. The average Bonchev–Trinajstić information content (AvgIpc) is 3.32. The Balaban J connectivity index is 1.39. The summed E-state index contributed by atoms with van der Waals surface area (Å²) in [7, 11) is 1.89. The molecule has 0 saturated heterocycles. The molecule has 0 bridgehead atoms. The first-order valence-corrected chi connectivity index (χ1v) is 9.78. The Morgan fingerprint density at radius 3 is 2.79 bits per heavy atom. The molecule has 7 heteroatoms. The topological polar surface area (TPSA) is 65.4 Å². The summed E-state index contributed by atoms with van der Waals surface area (Å²) in [4.78, 5) is 17.3. The zero-order valence-corrected chi connectivity index (χ0v) is 16.0. The number of ether oxygens (including phenoxy) is 2. The quantitative estimate of drug-likeness (QED) is 0.565. The Hall–Kier alpha value is -3.32. The van der Waals surface area contributed by atoms with Crippen molar-refractivity contribution in [1.82, 2.24) is 9.55 Å². The molecule has 1 aliphatic heterocycles. The molecular formula is C21H17N3O3S. The minimum atomic E-state index is -0.179. The lowest BCUT2D eigenvalue weighted by atomic mass is 10.1. The average molecular weight is 391 g/mol. The van der Waals surface area contributed by atoms with E-state index in [0.717, 1.165) is 33.7 Å². The fourth-order valence-corrected chi connectivity index (χ4v) is 4.05. The van der Waals surface area contributed by atoms with Crippen molar-refractivity contribution in [1.29, 1.82) is 0 Å². The largest absolute Gasteiger partial charge is 0.486 e. The number of anilines is 1. The monoisotopic (exact) mass is 391 g/mol. The molecule has 0 spiro atoms. The predicted octanol–water partition coefficient (Wildman–Crippen LogP) is 4.33. The van der Waals surface area contributed by atoms with E-state index in [2.05, 4.69) is 10.3 Å². The molecule has 6 nitrogen and oxygen atoms in total. The van der Waals surface area contributed by atoms with E-state index < -0.39 is 0 Å². The SMILES string of the molecule is Cn1c(C(=O)Nc2nc(-c3ccc4c(c3)OCCO4)cs2)cc2ccccc21. The molecule has 0 saturated carbocycles. The normalized spacial score (nSPS) is 12.9. The first-order chi connectivity index (χ1) is 13.7. The van der Waals surface area contributed by atoms with Gasteiger partial charge in [-0.3, -0.25) is 10.1 Å². The highest BCUT2D eigenvalue weighted by atomic mass is 32.1. The molecule has 0 unspecified atom stereocenters. The molecule has 1 aliphatic rings. The highest BCUT2D eigenvalue weighted by Crippen LogP contribution is 2.35. The van der Waals surface area contributed by atoms with E-state index in [0.29, 0.717) is 24.0 Å². The molecule has 140 valence electrons. The summed E-state index contributed by atoms with van der Waals surface area (Å²) >= 11 is 1.39. The summed E-state index contributed by atoms with van der Waals surface area (Å²) in [6, 6.07) is 15.5. The second-order valence-corrected chi connectivity index (χ2v) is 7.36. The van der Waals surface area contributed by atoms with Gasteiger partial charge in [-0.25, -0.2) is 4.98 Å². The lowest BCUT2D eigenvalue weighted by molar-refractivity contribution is 0.101. The summed E-state index contributed by atoms with van der Waals surface area (Å²) in [5, 5.41) is 6.41. The van der Waals surface area contributed by atoms with Crippen molar-refractivity contribution in [2.45, 2.75) is 0 Å². The number of benzene rings is 2. The van der Waals surface area contributed by atoms with Crippen LogP contribution in [0, 0.1) is 0 Å². The molecule has 0 aliphatic carbocycles. The van der Waals surface area contributed by atoms with Gasteiger partial charge in [-0.15, -0.1) is 11.3 Å². The Morgan fingerprint density at radius 1 is 1.11 bits per heavy atom. The highest BCUT2D eigenvalue weighted by molar-refractivity contribution is 7.14. The van der Waals surface area contributed by atoms with Crippen molar-refractivity contribution in [2.75, 3.05) is 18.5 Å². The number of hydrogen-bond acceptors (Lipinski definition) is 5. The van der Waals surface area contributed by atoms with Gasteiger partial charge in [0.1, 0.15) is 18.9 Å². The van der Waals surface area contributed by atoms with E-state index in [1.54, 1.807) is 0 Å². The Kier molecular flexibility index (Phi) is 4.02. The highest BCUT2D eigenvalue weighted by Gasteiger charge is 2.17. The standard InChI is InChI=1S/C21H17N3O3S/c1-24-16-5-3-2-4-14(16)10-17(24)20(25)23-21-22-15(12-28-21)13-6-7-18-19(11-13)27-9-8-26-18/h2-7,10-12H,8-9H2,1H3,(H,22,23,25). The zero-order chi connectivity index (χ0) is 19.1. The number of para-hydroxylation sites is 1. The second kappa shape index (κ2) is 6.69. The number of carbonyl (C=O) groups excluding carboxylic acids is 1. The van der Waals surface area contributed by atoms with Crippen molar-refractivity contribution >= 4 is 33.3 Å². The minimum Gasteiger partial charge on any atom is -0.486 e. The van der Waals surface area contributed by atoms with Gasteiger partial charge in [-0.1, -0.05) is 18.2 Å². The van der Waals surface area contributed by atoms with Gasteiger partial charge in [-0.05, 0) is 30.3 Å². The number of rotatable bonds is 3. The van der Waals surface area contributed by atoms with E-state index in [9.17, 15) is 4.79 Å². The van der Waals surface area contributed by atoms with Gasteiger partial charge in [0.05, 0.1) is 5.69 Å². The third-order valence-electron chi connectivity index (χ3n) is 4.75. The number of aromatic nitrogens is 2. The van der Waals surface area contributed by atoms with Gasteiger partial charge in [0.15, 0.2) is 16.6 Å². The van der Waals surface area contributed by atoms with E-state index in [1.807, 2.05) is 65.5 Å². The van der Waals surface area contributed by atoms with E-state index in [4.69, 9.17) is 9.47 Å². The smallest absolute Gasteiger partial charge is 0.274 e. The van der Waals surface area contributed by atoms with Crippen LogP contribution in [0.4, 0.5) is 5.13 Å². The third-order valence-corrected chi connectivity index (χ3v) is 5.50. The molecule has 0 radical (unpaired) electrons. The van der Waals surface area contributed by atoms with Crippen LogP contribution in [0.5, 0.6) is 11.5 Å². The van der Waals surface area contributed by atoms with Crippen molar-refractivity contribution in [3.8, 4) is 22.8 Å². The number of nitrogens with one attached hydrogen (secondary N) is 1. The number of thiazole rings is 1. The fraction of sp³-hybridized carbons (Fsp3) is 0.143. The molecule has 2 aromatic heterocycles. The van der Waals surface area contributed by atoms with Gasteiger partial charge in [0.2, 0.25) is 0 Å². The predicted molar refractivity (Wildman–Crippen MR) is 109 cm³/mol. The van der Waals surface area contributed by atoms with Gasteiger partial charge >= 0.3 is 0 Å². The van der Waals surface area contributed by atoms with Crippen LogP contribution in [0.2, 0.25) is 0 Å². The lowest BCUT2D eigenvalue weighted by Gasteiger charge is -2.18. The number of carbonyl (C=O) groups is 1. The molecule has 28 heavy (non-hydrogen) atoms. The van der Waals surface area contributed by atoms with Crippen LogP contribution >= 0.6 is 11.3 Å². The van der Waals surface area contributed by atoms with Crippen LogP contribution in [-0.2, 0) is 7.05 Å². The number of amides is 1.